The van der Waals surface area contributed by atoms with Gasteiger partial charge in [-0.2, -0.15) is 0 Å². The summed E-state index contributed by atoms with van der Waals surface area (Å²) in [6.45, 7) is 8.61. The molecule has 0 saturated heterocycles. The molecule has 0 amide bonds. The van der Waals surface area contributed by atoms with Crippen LogP contribution in [0, 0.1) is 5.92 Å². The number of benzene rings is 1. The van der Waals surface area contributed by atoms with Gasteiger partial charge in [0, 0.05) is 6.54 Å². The van der Waals surface area contributed by atoms with Crippen molar-refractivity contribution in [1.82, 2.24) is 5.32 Å². The molecule has 0 heterocycles. The summed E-state index contributed by atoms with van der Waals surface area (Å²) in [7, 11) is 3.34. The van der Waals surface area contributed by atoms with Gasteiger partial charge >= 0.3 is 0 Å². The van der Waals surface area contributed by atoms with Crippen LogP contribution in [0.15, 0.2) is 18.2 Å². The first kappa shape index (κ1) is 14.8. The molecule has 0 spiro atoms. The van der Waals surface area contributed by atoms with Gasteiger partial charge in [0.25, 0.3) is 0 Å². The van der Waals surface area contributed by atoms with Crippen LogP contribution in [0.5, 0.6) is 11.5 Å². The van der Waals surface area contributed by atoms with Crippen LogP contribution < -0.4 is 14.8 Å². The quantitative estimate of drug-likeness (QED) is 0.808. The summed E-state index contributed by atoms with van der Waals surface area (Å²) >= 11 is 0. The summed E-state index contributed by atoms with van der Waals surface area (Å²) in [5.74, 6) is 2.66. The van der Waals surface area contributed by atoms with E-state index in [0.29, 0.717) is 11.8 Å². The van der Waals surface area contributed by atoms with E-state index in [1.807, 2.05) is 6.07 Å². The van der Waals surface area contributed by atoms with Crippen molar-refractivity contribution in [3.63, 3.8) is 0 Å². The summed E-state index contributed by atoms with van der Waals surface area (Å²) in [6, 6.07) is 6.19. The molecule has 1 N–H and O–H groups in total. The Morgan fingerprint density at radius 2 is 1.78 bits per heavy atom. The Kier molecular flexibility index (Phi) is 5.99. The van der Waals surface area contributed by atoms with Gasteiger partial charge in [0.1, 0.15) is 0 Å². The summed E-state index contributed by atoms with van der Waals surface area (Å²) in [5.41, 5.74) is 1.30. The zero-order chi connectivity index (χ0) is 13.5. The van der Waals surface area contributed by atoms with Crippen molar-refractivity contribution < 1.29 is 9.47 Å². The van der Waals surface area contributed by atoms with E-state index in [1.54, 1.807) is 14.2 Å². The number of ether oxygens (including phenoxy) is 2. The fourth-order valence-electron chi connectivity index (χ4n) is 2.12. The van der Waals surface area contributed by atoms with E-state index in [9.17, 15) is 0 Å². The topological polar surface area (TPSA) is 30.5 Å². The molecule has 1 aromatic carbocycles. The fraction of sp³-hybridized carbons (Fsp3) is 0.600. The van der Waals surface area contributed by atoms with E-state index in [-0.39, 0.29) is 0 Å². The lowest BCUT2D eigenvalue weighted by atomic mass is 9.88. The van der Waals surface area contributed by atoms with E-state index >= 15 is 0 Å². The van der Waals surface area contributed by atoms with E-state index in [0.717, 1.165) is 24.6 Å². The summed E-state index contributed by atoms with van der Waals surface area (Å²) < 4.78 is 10.6. The number of hydrogen-bond acceptors (Lipinski definition) is 3. The molecule has 1 atom stereocenters. The Hall–Kier alpha value is -1.22. The van der Waals surface area contributed by atoms with Crippen LogP contribution in [-0.4, -0.2) is 27.3 Å². The molecule has 1 rings (SSSR count). The summed E-state index contributed by atoms with van der Waals surface area (Å²) in [4.78, 5) is 0. The van der Waals surface area contributed by atoms with Crippen molar-refractivity contribution >= 4 is 0 Å². The monoisotopic (exact) mass is 251 g/mol. The third-order valence-electron chi connectivity index (χ3n) is 3.25. The molecule has 18 heavy (non-hydrogen) atoms. The standard InChI is InChI=1S/C15H25NO2/c1-6-16-10-13(11(2)3)12-7-8-14(17-4)15(9-12)18-5/h7-9,11,13,16H,6,10H2,1-5H3. The molecule has 0 radical (unpaired) electrons. The first-order valence-corrected chi connectivity index (χ1v) is 6.56. The Morgan fingerprint density at radius 3 is 2.28 bits per heavy atom. The molecule has 102 valence electrons. The van der Waals surface area contributed by atoms with Crippen molar-refractivity contribution in [2.75, 3.05) is 27.3 Å². The predicted octanol–water partition coefficient (Wildman–Crippen LogP) is 3.05. The lowest BCUT2D eigenvalue weighted by Gasteiger charge is -2.22. The average Bonchev–Trinajstić information content (AvgIpc) is 2.38. The van der Waals surface area contributed by atoms with Gasteiger partial charge in [-0.15, -0.1) is 0 Å². The SMILES string of the molecule is CCNCC(c1ccc(OC)c(OC)c1)C(C)C. The summed E-state index contributed by atoms with van der Waals surface area (Å²) in [5, 5.41) is 3.42. The van der Waals surface area contributed by atoms with Crippen LogP contribution in [-0.2, 0) is 0 Å². The molecule has 0 saturated carbocycles. The largest absolute Gasteiger partial charge is 0.493 e. The van der Waals surface area contributed by atoms with Gasteiger partial charge in [0.2, 0.25) is 0 Å². The third kappa shape index (κ3) is 3.64. The molecule has 3 heteroatoms. The first-order valence-electron chi connectivity index (χ1n) is 6.56. The summed E-state index contributed by atoms with van der Waals surface area (Å²) in [6.07, 6.45) is 0. The Morgan fingerprint density at radius 1 is 1.11 bits per heavy atom. The number of methoxy groups -OCH3 is 2. The van der Waals surface area contributed by atoms with Crippen LogP contribution in [0.25, 0.3) is 0 Å². The highest BCUT2D eigenvalue weighted by Crippen LogP contribution is 2.33. The van der Waals surface area contributed by atoms with E-state index in [2.05, 4.69) is 38.2 Å². The van der Waals surface area contributed by atoms with Gasteiger partial charge in [-0.05, 0) is 36.1 Å². The van der Waals surface area contributed by atoms with Crippen LogP contribution in [0.2, 0.25) is 0 Å². The van der Waals surface area contributed by atoms with Crippen LogP contribution in [0.1, 0.15) is 32.3 Å². The number of hydrogen-bond donors (Lipinski definition) is 1. The normalized spacial score (nSPS) is 12.6. The van der Waals surface area contributed by atoms with Gasteiger partial charge in [0.05, 0.1) is 14.2 Å². The Bertz CT molecular complexity index is 364. The molecular weight excluding hydrogens is 226 g/mol. The second-order valence-electron chi connectivity index (χ2n) is 4.77. The molecule has 0 bridgehead atoms. The predicted molar refractivity (Wildman–Crippen MR) is 75.7 cm³/mol. The lowest BCUT2D eigenvalue weighted by Crippen LogP contribution is -2.24. The van der Waals surface area contributed by atoms with Gasteiger partial charge in [-0.1, -0.05) is 26.8 Å². The molecule has 1 aromatic rings. The van der Waals surface area contributed by atoms with Gasteiger partial charge in [-0.25, -0.2) is 0 Å². The lowest BCUT2D eigenvalue weighted by molar-refractivity contribution is 0.353. The van der Waals surface area contributed by atoms with Crippen LogP contribution in [0.3, 0.4) is 0 Å². The highest BCUT2D eigenvalue weighted by atomic mass is 16.5. The van der Waals surface area contributed by atoms with Gasteiger partial charge in [0.15, 0.2) is 11.5 Å². The zero-order valence-electron chi connectivity index (χ0n) is 12.1. The second kappa shape index (κ2) is 7.27. The minimum atomic E-state index is 0.491. The zero-order valence-corrected chi connectivity index (χ0v) is 12.1. The molecule has 0 aliphatic heterocycles. The highest BCUT2D eigenvalue weighted by Gasteiger charge is 2.17. The maximum atomic E-state index is 5.37. The number of likely N-dealkylation sites (N-methyl/N-ethyl adjacent to an activating group) is 1. The molecule has 0 fully saturated rings. The molecule has 1 unspecified atom stereocenters. The first-order chi connectivity index (χ1) is 8.63. The number of nitrogens with one attached hydrogen (secondary N) is 1. The smallest absolute Gasteiger partial charge is 0.160 e. The van der Waals surface area contributed by atoms with Crippen molar-refractivity contribution in [2.24, 2.45) is 5.92 Å². The average molecular weight is 251 g/mol. The molecule has 0 aliphatic carbocycles. The molecular formula is C15H25NO2. The van der Waals surface area contributed by atoms with Crippen LogP contribution in [0.4, 0.5) is 0 Å². The Labute approximate surface area is 110 Å². The maximum Gasteiger partial charge on any atom is 0.160 e. The minimum absolute atomic E-state index is 0.491. The molecule has 3 nitrogen and oxygen atoms in total. The van der Waals surface area contributed by atoms with Crippen molar-refractivity contribution in [2.45, 2.75) is 26.7 Å². The van der Waals surface area contributed by atoms with Crippen molar-refractivity contribution in [3.8, 4) is 11.5 Å². The van der Waals surface area contributed by atoms with Gasteiger partial charge in [-0.3, -0.25) is 0 Å². The minimum Gasteiger partial charge on any atom is -0.493 e. The van der Waals surface area contributed by atoms with Crippen LogP contribution >= 0.6 is 0 Å². The second-order valence-corrected chi connectivity index (χ2v) is 4.77. The highest BCUT2D eigenvalue weighted by molar-refractivity contribution is 5.44. The van der Waals surface area contributed by atoms with E-state index in [4.69, 9.17) is 9.47 Å². The fourth-order valence-corrected chi connectivity index (χ4v) is 2.12. The van der Waals surface area contributed by atoms with E-state index < -0.39 is 0 Å². The Balaban J connectivity index is 2.97. The molecule has 0 aromatic heterocycles. The third-order valence-corrected chi connectivity index (χ3v) is 3.25. The maximum absolute atomic E-state index is 5.37. The van der Waals surface area contributed by atoms with Crippen molar-refractivity contribution in [3.05, 3.63) is 23.8 Å². The van der Waals surface area contributed by atoms with Crippen molar-refractivity contribution in [1.29, 1.82) is 0 Å². The van der Waals surface area contributed by atoms with E-state index in [1.165, 1.54) is 5.56 Å². The number of rotatable bonds is 7. The van der Waals surface area contributed by atoms with Gasteiger partial charge < -0.3 is 14.8 Å². The molecule has 0 aliphatic rings.